The summed E-state index contributed by atoms with van der Waals surface area (Å²) in [7, 11) is 3.65. The predicted octanol–water partition coefficient (Wildman–Crippen LogP) is 2.67. The number of aliphatic imine (C=N–C) groups is 1. The van der Waals surface area contributed by atoms with Crippen LogP contribution in [0, 0.1) is 0 Å². The highest BCUT2D eigenvalue weighted by atomic mass is 16.2. The van der Waals surface area contributed by atoms with E-state index in [1.807, 2.05) is 37.4 Å². The van der Waals surface area contributed by atoms with Gasteiger partial charge >= 0.3 is 0 Å². The van der Waals surface area contributed by atoms with Gasteiger partial charge in [-0.3, -0.25) is 9.79 Å². The van der Waals surface area contributed by atoms with E-state index >= 15 is 0 Å². The second-order valence-corrected chi connectivity index (χ2v) is 6.90. The molecule has 142 valence electrons. The van der Waals surface area contributed by atoms with Gasteiger partial charge in [0.25, 0.3) is 0 Å². The van der Waals surface area contributed by atoms with Gasteiger partial charge in [0.1, 0.15) is 0 Å². The lowest BCUT2D eigenvalue weighted by Crippen LogP contribution is -2.45. The Morgan fingerprint density at radius 2 is 1.81 bits per heavy atom. The fraction of sp³-hybridized carbons (Fsp3) is 0.364. The van der Waals surface area contributed by atoms with Gasteiger partial charge in [-0.1, -0.05) is 54.6 Å². The molecule has 1 heterocycles. The smallest absolute Gasteiger partial charge is 0.224 e. The lowest BCUT2D eigenvalue weighted by molar-refractivity contribution is -0.130. The monoisotopic (exact) mass is 364 g/mol. The van der Waals surface area contributed by atoms with E-state index < -0.39 is 0 Å². The number of benzene rings is 2. The molecule has 0 spiro atoms. The van der Waals surface area contributed by atoms with Gasteiger partial charge < -0.3 is 15.1 Å². The van der Waals surface area contributed by atoms with E-state index in [1.165, 1.54) is 11.1 Å². The molecule has 0 unspecified atom stereocenters. The van der Waals surface area contributed by atoms with E-state index in [1.54, 1.807) is 11.9 Å². The standard InChI is InChI=1S/C22H28N4O/c1-23-22(26-15-13-19-10-6-7-11-20(19)17-26)24-14-12-21(27)25(2)16-18-8-4-3-5-9-18/h3-11H,12-17H2,1-2H3,(H,23,24). The summed E-state index contributed by atoms with van der Waals surface area (Å²) in [6, 6.07) is 18.6. The molecule has 1 aliphatic rings. The van der Waals surface area contributed by atoms with Crippen LogP contribution in [0.4, 0.5) is 0 Å². The van der Waals surface area contributed by atoms with Gasteiger partial charge in [0.15, 0.2) is 5.96 Å². The Labute approximate surface area is 161 Å². The van der Waals surface area contributed by atoms with Crippen molar-refractivity contribution in [3.8, 4) is 0 Å². The topological polar surface area (TPSA) is 47.9 Å². The van der Waals surface area contributed by atoms with Crippen LogP contribution < -0.4 is 5.32 Å². The highest BCUT2D eigenvalue weighted by Gasteiger charge is 2.18. The first-order valence-electron chi connectivity index (χ1n) is 9.47. The van der Waals surface area contributed by atoms with Gasteiger partial charge in [0.2, 0.25) is 5.91 Å². The lowest BCUT2D eigenvalue weighted by Gasteiger charge is -2.31. The van der Waals surface area contributed by atoms with Crippen LogP contribution in [0.2, 0.25) is 0 Å². The molecule has 0 aliphatic carbocycles. The molecule has 3 rings (SSSR count). The first-order valence-corrected chi connectivity index (χ1v) is 9.47. The number of nitrogens with one attached hydrogen (secondary N) is 1. The number of hydrogen-bond donors (Lipinski definition) is 1. The number of amides is 1. The van der Waals surface area contributed by atoms with Crippen LogP contribution in [0.25, 0.3) is 0 Å². The molecule has 0 aromatic heterocycles. The average Bonchev–Trinajstić information content (AvgIpc) is 2.71. The van der Waals surface area contributed by atoms with Crippen LogP contribution >= 0.6 is 0 Å². The molecule has 0 saturated carbocycles. The molecule has 1 aliphatic heterocycles. The van der Waals surface area contributed by atoms with Gasteiger partial charge in [-0.15, -0.1) is 0 Å². The highest BCUT2D eigenvalue weighted by Crippen LogP contribution is 2.18. The summed E-state index contributed by atoms with van der Waals surface area (Å²) in [6.07, 6.45) is 1.47. The first-order chi connectivity index (χ1) is 13.2. The highest BCUT2D eigenvalue weighted by molar-refractivity contribution is 5.81. The summed E-state index contributed by atoms with van der Waals surface area (Å²) in [6.45, 7) is 3.02. The Kier molecular flexibility index (Phi) is 6.47. The zero-order chi connectivity index (χ0) is 19.1. The minimum Gasteiger partial charge on any atom is -0.356 e. The number of carbonyl (C=O) groups is 1. The second-order valence-electron chi connectivity index (χ2n) is 6.90. The zero-order valence-electron chi connectivity index (χ0n) is 16.2. The van der Waals surface area contributed by atoms with Crippen molar-refractivity contribution in [1.29, 1.82) is 0 Å². The first kappa shape index (κ1) is 19.0. The van der Waals surface area contributed by atoms with Gasteiger partial charge in [-0.25, -0.2) is 0 Å². The van der Waals surface area contributed by atoms with Crippen LogP contribution in [0.3, 0.4) is 0 Å². The summed E-state index contributed by atoms with van der Waals surface area (Å²) in [5, 5.41) is 3.35. The molecule has 1 amide bonds. The number of hydrogen-bond acceptors (Lipinski definition) is 2. The van der Waals surface area contributed by atoms with Gasteiger partial charge in [-0.05, 0) is 23.1 Å². The van der Waals surface area contributed by atoms with Crippen LogP contribution in [0.5, 0.6) is 0 Å². The van der Waals surface area contributed by atoms with Crippen molar-refractivity contribution in [2.45, 2.75) is 25.9 Å². The molecule has 1 N–H and O–H groups in total. The van der Waals surface area contributed by atoms with E-state index in [0.717, 1.165) is 31.0 Å². The number of carbonyl (C=O) groups excluding carboxylic acids is 1. The average molecular weight is 364 g/mol. The third-order valence-electron chi connectivity index (χ3n) is 4.95. The number of guanidine groups is 1. The SMILES string of the molecule is CN=C(NCCC(=O)N(C)Cc1ccccc1)N1CCc2ccccc2C1. The summed E-state index contributed by atoms with van der Waals surface area (Å²) in [5.74, 6) is 0.994. The number of rotatable bonds is 5. The van der Waals surface area contributed by atoms with Crippen molar-refractivity contribution in [2.75, 3.05) is 27.2 Å². The van der Waals surface area contributed by atoms with Crippen LogP contribution in [0.15, 0.2) is 59.6 Å². The largest absolute Gasteiger partial charge is 0.356 e. The van der Waals surface area contributed by atoms with E-state index in [2.05, 4.69) is 39.5 Å². The molecular weight excluding hydrogens is 336 g/mol. The Bertz CT molecular complexity index is 788. The fourth-order valence-electron chi connectivity index (χ4n) is 3.43. The summed E-state index contributed by atoms with van der Waals surface area (Å²) in [4.78, 5) is 20.8. The van der Waals surface area contributed by atoms with Crippen LogP contribution in [-0.4, -0.2) is 48.9 Å². The van der Waals surface area contributed by atoms with Gasteiger partial charge in [0.05, 0.1) is 0 Å². The van der Waals surface area contributed by atoms with E-state index in [0.29, 0.717) is 19.5 Å². The molecular formula is C22H28N4O. The molecule has 0 fully saturated rings. The molecule has 0 radical (unpaired) electrons. The molecule has 0 atom stereocenters. The van der Waals surface area contributed by atoms with Crippen molar-refractivity contribution in [3.63, 3.8) is 0 Å². The molecule has 0 bridgehead atoms. The summed E-state index contributed by atoms with van der Waals surface area (Å²) < 4.78 is 0. The third-order valence-corrected chi connectivity index (χ3v) is 4.95. The minimum absolute atomic E-state index is 0.130. The quantitative estimate of drug-likeness (QED) is 0.655. The second kappa shape index (κ2) is 9.21. The lowest BCUT2D eigenvalue weighted by atomic mass is 10.0. The predicted molar refractivity (Wildman–Crippen MR) is 109 cm³/mol. The van der Waals surface area contributed by atoms with E-state index in [4.69, 9.17) is 0 Å². The Balaban J connectivity index is 1.47. The molecule has 27 heavy (non-hydrogen) atoms. The van der Waals surface area contributed by atoms with Crippen molar-refractivity contribution in [2.24, 2.45) is 4.99 Å². The molecule has 0 saturated heterocycles. The maximum Gasteiger partial charge on any atom is 0.224 e. The summed E-state index contributed by atoms with van der Waals surface area (Å²) in [5.41, 5.74) is 3.91. The van der Waals surface area contributed by atoms with E-state index in [-0.39, 0.29) is 5.91 Å². The van der Waals surface area contributed by atoms with Gasteiger partial charge in [-0.2, -0.15) is 0 Å². The minimum atomic E-state index is 0.130. The Hall–Kier alpha value is -2.82. The Morgan fingerprint density at radius 3 is 2.56 bits per heavy atom. The van der Waals surface area contributed by atoms with Gasteiger partial charge in [0, 0.05) is 46.7 Å². The van der Waals surface area contributed by atoms with Crippen molar-refractivity contribution >= 4 is 11.9 Å². The molecule has 2 aromatic carbocycles. The summed E-state index contributed by atoms with van der Waals surface area (Å²) >= 11 is 0. The maximum absolute atomic E-state index is 12.4. The normalized spacial score (nSPS) is 13.9. The van der Waals surface area contributed by atoms with Crippen molar-refractivity contribution < 1.29 is 4.79 Å². The molecule has 5 nitrogen and oxygen atoms in total. The van der Waals surface area contributed by atoms with Crippen molar-refractivity contribution in [1.82, 2.24) is 15.1 Å². The van der Waals surface area contributed by atoms with Crippen LogP contribution in [-0.2, 0) is 24.3 Å². The fourth-order valence-corrected chi connectivity index (χ4v) is 3.43. The number of nitrogens with zero attached hydrogens (tertiary/aromatic N) is 3. The number of fused-ring (bicyclic) bond motifs is 1. The Morgan fingerprint density at radius 1 is 1.11 bits per heavy atom. The van der Waals surface area contributed by atoms with E-state index in [9.17, 15) is 4.79 Å². The zero-order valence-corrected chi connectivity index (χ0v) is 16.2. The van der Waals surface area contributed by atoms with Crippen LogP contribution in [0.1, 0.15) is 23.1 Å². The molecule has 2 aromatic rings. The third kappa shape index (κ3) is 5.09. The molecule has 5 heteroatoms. The maximum atomic E-state index is 12.4. The van der Waals surface area contributed by atoms with Crippen molar-refractivity contribution in [3.05, 3.63) is 71.3 Å².